The number of hydrogen-bond donors (Lipinski definition) is 0. The Hall–Kier alpha value is -1.01. The van der Waals surface area contributed by atoms with Crippen molar-refractivity contribution in [1.29, 1.82) is 0 Å². The fourth-order valence-electron chi connectivity index (χ4n) is 1.25. The van der Waals surface area contributed by atoms with Crippen molar-refractivity contribution in [2.24, 2.45) is 0 Å². The summed E-state index contributed by atoms with van der Waals surface area (Å²) >= 11 is 4.68. The molecule has 1 unspecified atom stereocenters. The van der Waals surface area contributed by atoms with Gasteiger partial charge in [0.2, 0.25) is 0 Å². The second kappa shape index (κ2) is 4.70. The third-order valence-corrected chi connectivity index (χ3v) is 4.48. The Morgan fingerprint density at radius 1 is 1.35 bits per heavy atom. The summed E-state index contributed by atoms with van der Waals surface area (Å²) in [4.78, 5) is -0.828. The van der Waals surface area contributed by atoms with E-state index in [2.05, 4.69) is 18.2 Å². The van der Waals surface area contributed by atoms with Gasteiger partial charge in [0.1, 0.15) is 10.7 Å². The molecule has 1 rings (SSSR count). The zero-order chi connectivity index (χ0) is 13.3. The topological polar surface area (TPSA) is 34.1 Å². The smallest absolute Gasteiger partial charge is 0.223 e. The van der Waals surface area contributed by atoms with E-state index in [0.717, 1.165) is 12.1 Å². The van der Waals surface area contributed by atoms with E-state index in [0.29, 0.717) is 6.08 Å². The van der Waals surface area contributed by atoms with Gasteiger partial charge in [-0.2, -0.15) is 8.78 Å². The lowest BCUT2D eigenvalue weighted by molar-refractivity contribution is 0.103. The molecule has 0 aromatic heterocycles. The van der Waals surface area contributed by atoms with Crippen molar-refractivity contribution in [3.05, 3.63) is 42.7 Å². The Balaban J connectivity index is 3.39. The highest BCUT2D eigenvalue weighted by atomic mass is 35.5. The second-order valence-electron chi connectivity index (χ2n) is 3.17. The third-order valence-electron chi connectivity index (χ3n) is 2.01. The van der Waals surface area contributed by atoms with Gasteiger partial charge in [0.05, 0.1) is 0 Å². The van der Waals surface area contributed by atoms with E-state index < -0.39 is 31.2 Å². The fraction of sp³-hybridized carbons (Fsp3) is 0.200. The van der Waals surface area contributed by atoms with Crippen LogP contribution >= 0.6 is 11.6 Å². The first-order valence-corrected chi connectivity index (χ1v) is 6.31. The summed E-state index contributed by atoms with van der Waals surface area (Å²) in [5.41, 5.74) is 0. The maximum atomic E-state index is 13.3. The molecule has 0 bridgehead atoms. The monoisotopic (exact) mass is 284 g/mol. The van der Waals surface area contributed by atoms with E-state index in [1.54, 1.807) is 0 Å². The number of rotatable bonds is 4. The van der Waals surface area contributed by atoms with Gasteiger partial charge in [-0.05, 0) is 23.7 Å². The summed E-state index contributed by atoms with van der Waals surface area (Å²) in [6.45, 7) is 2.98. The van der Waals surface area contributed by atoms with Gasteiger partial charge in [0.25, 0.3) is 0 Å². The molecule has 1 aromatic carbocycles. The number of hydrogen-bond acceptors (Lipinski definition) is 2. The van der Waals surface area contributed by atoms with Crippen LogP contribution in [-0.4, -0.2) is 19.0 Å². The van der Waals surface area contributed by atoms with Gasteiger partial charge in [0.15, 0.2) is 15.1 Å². The SMILES string of the molecule is C=CC(C(F)(F)Cl)S(=O)(=O)c1ccccc1F. The van der Waals surface area contributed by atoms with Crippen LogP contribution in [0.15, 0.2) is 41.8 Å². The molecule has 1 atom stereocenters. The molecule has 0 aliphatic heterocycles. The maximum Gasteiger partial charge on any atom is 0.342 e. The van der Waals surface area contributed by atoms with E-state index in [9.17, 15) is 21.6 Å². The zero-order valence-electron chi connectivity index (χ0n) is 8.41. The molecule has 0 aliphatic rings. The number of benzene rings is 1. The average Bonchev–Trinajstić information content (AvgIpc) is 2.16. The average molecular weight is 285 g/mol. The normalized spacial score (nSPS) is 14.4. The van der Waals surface area contributed by atoms with Crippen molar-refractivity contribution in [2.75, 3.05) is 0 Å². The molecule has 0 N–H and O–H groups in total. The third kappa shape index (κ3) is 2.81. The second-order valence-corrected chi connectivity index (χ2v) is 5.71. The van der Waals surface area contributed by atoms with Crippen LogP contribution in [0.3, 0.4) is 0 Å². The molecule has 0 saturated heterocycles. The largest absolute Gasteiger partial charge is 0.342 e. The minimum absolute atomic E-state index is 0.481. The van der Waals surface area contributed by atoms with Crippen molar-refractivity contribution in [3.8, 4) is 0 Å². The van der Waals surface area contributed by atoms with E-state index in [1.165, 1.54) is 12.1 Å². The standard InChI is InChI=1S/C10H8ClF3O2S/c1-2-9(10(11,13)14)17(15,16)8-6-4-3-5-7(8)12/h2-6,9H,1H2. The summed E-state index contributed by atoms with van der Waals surface area (Å²) in [6.07, 6.45) is 0.481. The predicted octanol–water partition coefficient (Wildman–Crippen LogP) is 2.99. The molecule has 2 nitrogen and oxygen atoms in total. The molecule has 0 spiro atoms. The van der Waals surface area contributed by atoms with Gasteiger partial charge < -0.3 is 0 Å². The van der Waals surface area contributed by atoms with Crippen molar-refractivity contribution in [2.45, 2.75) is 15.5 Å². The Morgan fingerprint density at radius 3 is 2.29 bits per heavy atom. The molecule has 7 heteroatoms. The highest BCUT2D eigenvalue weighted by molar-refractivity contribution is 7.92. The molecule has 0 fully saturated rings. The first-order chi connectivity index (χ1) is 7.71. The predicted molar refractivity (Wildman–Crippen MR) is 58.4 cm³/mol. The Kier molecular flexibility index (Phi) is 3.88. The lowest BCUT2D eigenvalue weighted by Crippen LogP contribution is -2.34. The van der Waals surface area contributed by atoms with E-state index in [4.69, 9.17) is 0 Å². The Labute approximate surface area is 102 Å². The first-order valence-electron chi connectivity index (χ1n) is 4.39. The molecule has 0 radical (unpaired) electrons. The van der Waals surface area contributed by atoms with Gasteiger partial charge in [0, 0.05) is 0 Å². The highest BCUT2D eigenvalue weighted by Gasteiger charge is 2.45. The highest BCUT2D eigenvalue weighted by Crippen LogP contribution is 2.33. The molecule has 0 amide bonds. The van der Waals surface area contributed by atoms with Crippen LogP contribution in [0.5, 0.6) is 0 Å². The summed E-state index contributed by atoms with van der Waals surface area (Å²) in [5, 5.41) is -6.43. The van der Waals surface area contributed by atoms with Crippen LogP contribution in [0.4, 0.5) is 13.2 Å². The van der Waals surface area contributed by atoms with Crippen molar-refractivity contribution < 1.29 is 21.6 Å². The first kappa shape index (κ1) is 14.1. The van der Waals surface area contributed by atoms with Gasteiger partial charge in [-0.1, -0.05) is 18.2 Å². The minimum Gasteiger partial charge on any atom is -0.223 e. The zero-order valence-corrected chi connectivity index (χ0v) is 9.98. The van der Waals surface area contributed by atoms with Gasteiger partial charge in [-0.25, -0.2) is 12.8 Å². The molecular formula is C10H8ClF3O2S. The van der Waals surface area contributed by atoms with Crippen LogP contribution in [0.25, 0.3) is 0 Å². The van der Waals surface area contributed by atoms with E-state index >= 15 is 0 Å². The number of alkyl halides is 3. The lowest BCUT2D eigenvalue weighted by atomic mass is 10.3. The van der Waals surface area contributed by atoms with E-state index in [-0.39, 0.29) is 0 Å². The fourth-order valence-corrected chi connectivity index (χ4v) is 3.18. The molecule has 94 valence electrons. The Bertz CT molecular complexity index is 523. The minimum atomic E-state index is -4.61. The quantitative estimate of drug-likeness (QED) is 0.629. The van der Waals surface area contributed by atoms with Gasteiger partial charge in [-0.3, -0.25) is 0 Å². The van der Waals surface area contributed by atoms with Gasteiger partial charge in [-0.15, -0.1) is 6.58 Å². The van der Waals surface area contributed by atoms with Crippen LogP contribution in [0.2, 0.25) is 0 Å². The summed E-state index contributed by atoms with van der Waals surface area (Å²) in [5.74, 6) is -1.11. The molecule has 0 aliphatic carbocycles. The summed E-state index contributed by atoms with van der Waals surface area (Å²) in [6, 6.07) is 4.22. The molecule has 1 aromatic rings. The molecule has 17 heavy (non-hydrogen) atoms. The van der Waals surface area contributed by atoms with Crippen LogP contribution in [-0.2, 0) is 9.84 Å². The molecular weight excluding hydrogens is 277 g/mol. The van der Waals surface area contributed by atoms with Crippen molar-refractivity contribution in [1.82, 2.24) is 0 Å². The van der Waals surface area contributed by atoms with Crippen LogP contribution < -0.4 is 0 Å². The van der Waals surface area contributed by atoms with Crippen molar-refractivity contribution in [3.63, 3.8) is 0 Å². The van der Waals surface area contributed by atoms with Crippen LogP contribution in [0, 0.1) is 5.82 Å². The van der Waals surface area contributed by atoms with Gasteiger partial charge >= 0.3 is 5.38 Å². The Morgan fingerprint density at radius 2 is 1.88 bits per heavy atom. The molecule has 0 saturated carbocycles. The lowest BCUT2D eigenvalue weighted by Gasteiger charge is -2.18. The van der Waals surface area contributed by atoms with E-state index in [1.807, 2.05) is 0 Å². The number of halogens is 4. The maximum absolute atomic E-state index is 13.3. The van der Waals surface area contributed by atoms with Crippen molar-refractivity contribution >= 4 is 21.4 Å². The summed E-state index contributed by atoms with van der Waals surface area (Å²) < 4.78 is 62.6. The molecule has 0 heterocycles. The van der Waals surface area contributed by atoms with Crippen LogP contribution in [0.1, 0.15) is 0 Å². The summed E-state index contributed by atoms with van der Waals surface area (Å²) in [7, 11) is -4.61. The number of sulfone groups is 1.